The number of hydrogen-bond acceptors (Lipinski definition) is 2. The van der Waals surface area contributed by atoms with Gasteiger partial charge in [0.25, 0.3) is 5.91 Å². The molecule has 0 fully saturated rings. The van der Waals surface area contributed by atoms with Gasteiger partial charge in [-0.05, 0) is 55.8 Å². The van der Waals surface area contributed by atoms with Gasteiger partial charge >= 0.3 is 0 Å². The van der Waals surface area contributed by atoms with Gasteiger partial charge in [0, 0.05) is 15.1 Å². The molecular weight excluding hydrogens is 421 g/mol. The molecule has 4 nitrogen and oxygen atoms in total. The number of amides is 1. The summed E-state index contributed by atoms with van der Waals surface area (Å²) in [7, 11) is 0. The summed E-state index contributed by atoms with van der Waals surface area (Å²) in [5.74, 6) is -0.586. The predicted molar refractivity (Wildman–Crippen MR) is 104 cm³/mol. The number of rotatable bonds is 4. The minimum absolute atomic E-state index is 0.205. The molecule has 0 saturated heterocycles. The van der Waals surface area contributed by atoms with Gasteiger partial charge in [0.2, 0.25) is 0 Å². The zero-order valence-electron chi connectivity index (χ0n) is 14.2. The number of aromatic nitrogens is 2. The molecule has 0 aliphatic rings. The molecule has 134 valence electrons. The second-order valence-corrected chi connectivity index (χ2v) is 7.22. The molecule has 3 rings (SSSR count). The van der Waals surface area contributed by atoms with Crippen LogP contribution in [0.4, 0.5) is 10.1 Å². The lowest BCUT2D eigenvalue weighted by atomic mass is 10.2. The van der Waals surface area contributed by atoms with Crippen molar-refractivity contribution in [1.29, 1.82) is 0 Å². The molecule has 7 heteroatoms. The first kappa shape index (κ1) is 18.6. The summed E-state index contributed by atoms with van der Waals surface area (Å²) in [4.78, 5) is 12.5. The van der Waals surface area contributed by atoms with Crippen LogP contribution in [0.5, 0.6) is 0 Å². The van der Waals surface area contributed by atoms with E-state index < -0.39 is 0 Å². The van der Waals surface area contributed by atoms with Crippen molar-refractivity contribution in [2.75, 3.05) is 5.32 Å². The third kappa shape index (κ3) is 3.97. The monoisotopic (exact) mass is 435 g/mol. The molecule has 1 heterocycles. The first-order valence-corrected chi connectivity index (χ1v) is 9.07. The van der Waals surface area contributed by atoms with Gasteiger partial charge in [0.15, 0.2) is 0 Å². The fraction of sp³-hybridized carbons (Fsp3) is 0.158. The van der Waals surface area contributed by atoms with Crippen molar-refractivity contribution in [3.8, 4) is 0 Å². The normalized spacial score (nSPS) is 10.8. The number of benzene rings is 2. The van der Waals surface area contributed by atoms with Gasteiger partial charge in [-0.25, -0.2) is 4.39 Å². The maximum Gasteiger partial charge on any atom is 0.255 e. The summed E-state index contributed by atoms with van der Waals surface area (Å²) in [6, 6.07) is 11.4. The zero-order chi connectivity index (χ0) is 18.8. The standard InChI is InChI=1S/C19H16BrClFN3O/c1-11-18(23-19(26)13-3-6-15(20)7-4-13)12(2)25(24-11)10-14-5-8-16(22)9-17(14)21/h3-9H,10H2,1-2H3,(H,23,26). The highest BCUT2D eigenvalue weighted by Gasteiger charge is 2.16. The Balaban J connectivity index is 1.83. The average Bonchev–Trinajstić information content (AvgIpc) is 2.85. The second kappa shape index (κ2) is 7.60. The first-order valence-electron chi connectivity index (χ1n) is 7.90. The molecule has 0 radical (unpaired) electrons. The third-order valence-corrected chi connectivity index (χ3v) is 4.94. The molecule has 26 heavy (non-hydrogen) atoms. The van der Waals surface area contributed by atoms with E-state index in [4.69, 9.17) is 11.6 Å². The van der Waals surface area contributed by atoms with Crippen LogP contribution in [-0.2, 0) is 6.54 Å². The highest BCUT2D eigenvalue weighted by Crippen LogP contribution is 2.24. The molecule has 0 aliphatic carbocycles. The van der Waals surface area contributed by atoms with E-state index in [0.29, 0.717) is 28.5 Å². The van der Waals surface area contributed by atoms with E-state index in [-0.39, 0.29) is 11.7 Å². The van der Waals surface area contributed by atoms with Crippen molar-refractivity contribution >= 4 is 39.1 Å². The van der Waals surface area contributed by atoms with E-state index in [0.717, 1.165) is 15.7 Å². The summed E-state index contributed by atoms with van der Waals surface area (Å²) in [5.41, 5.74) is 3.47. The molecule has 0 aliphatic heterocycles. The Kier molecular flexibility index (Phi) is 5.44. The predicted octanol–water partition coefficient (Wildman–Crippen LogP) is 5.36. The molecule has 0 bridgehead atoms. The Morgan fingerprint density at radius 2 is 1.92 bits per heavy atom. The minimum Gasteiger partial charge on any atom is -0.319 e. The molecule has 0 saturated carbocycles. The Bertz CT molecular complexity index is 970. The molecule has 2 aromatic carbocycles. The Hall–Kier alpha value is -2.18. The maximum absolute atomic E-state index is 13.2. The Morgan fingerprint density at radius 1 is 1.23 bits per heavy atom. The zero-order valence-corrected chi connectivity index (χ0v) is 16.5. The fourth-order valence-corrected chi connectivity index (χ4v) is 3.12. The molecular formula is C19H16BrClFN3O. The van der Waals surface area contributed by atoms with Gasteiger partial charge in [-0.2, -0.15) is 5.10 Å². The van der Waals surface area contributed by atoms with E-state index in [1.165, 1.54) is 12.1 Å². The quantitative estimate of drug-likeness (QED) is 0.599. The number of carbonyl (C=O) groups is 1. The van der Waals surface area contributed by atoms with Gasteiger partial charge < -0.3 is 5.32 Å². The molecule has 0 spiro atoms. The van der Waals surface area contributed by atoms with Gasteiger partial charge in [-0.15, -0.1) is 0 Å². The van der Waals surface area contributed by atoms with Crippen LogP contribution < -0.4 is 5.32 Å². The van der Waals surface area contributed by atoms with Gasteiger partial charge in [-0.3, -0.25) is 9.48 Å². The first-order chi connectivity index (χ1) is 12.3. The molecule has 0 unspecified atom stereocenters. The van der Waals surface area contributed by atoms with Crippen LogP contribution in [0, 0.1) is 19.7 Å². The number of nitrogens with one attached hydrogen (secondary N) is 1. The lowest BCUT2D eigenvalue weighted by molar-refractivity contribution is 0.102. The van der Waals surface area contributed by atoms with Gasteiger partial charge in [0.1, 0.15) is 5.82 Å². The van der Waals surface area contributed by atoms with Crippen LogP contribution in [0.15, 0.2) is 46.9 Å². The van der Waals surface area contributed by atoms with E-state index in [1.807, 2.05) is 26.0 Å². The van der Waals surface area contributed by atoms with Crippen LogP contribution in [0.1, 0.15) is 27.3 Å². The highest BCUT2D eigenvalue weighted by atomic mass is 79.9. The lowest BCUT2D eigenvalue weighted by Crippen LogP contribution is -2.13. The number of halogens is 3. The van der Waals surface area contributed by atoms with Crippen LogP contribution in [0.2, 0.25) is 5.02 Å². The van der Waals surface area contributed by atoms with Gasteiger partial charge in [0.05, 0.1) is 23.6 Å². The third-order valence-electron chi connectivity index (χ3n) is 4.06. The summed E-state index contributed by atoms with van der Waals surface area (Å²) < 4.78 is 15.9. The summed E-state index contributed by atoms with van der Waals surface area (Å²) in [6.45, 7) is 4.08. The van der Waals surface area contributed by atoms with E-state index in [2.05, 4.69) is 26.3 Å². The summed E-state index contributed by atoms with van der Waals surface area (Å²) in [5, 5.41) is 7.73. The summed E-state index contributed by atoms with van der Waals surface area (Å²) >= 11 is 9.45. The molecule has 1 amide bonds. The van der Waals surface area contributed by atoms with Crippen LogP contribution in [0.3, 0.4) is 0 Å². The SMILES string of the molecule is Cc1nn(Cc2ccc(F)cc2Cl)c(C)c1NC(=O)c1ccc(Br)cc1. The number of nitrogens with zero attached hydrogens (tertiary/aromatic N) is 2. The molecule has 1 N–H and O–H groups in total. The van der Waals surface area contributed by atoms with Gasteiger partial charge in [-0.1, -0.05) is 33.6 Å². The Morgan fingerprint density at radius 3 is 2.58 bits per heavy atom. The lowest BCUT2D eigenvalue weighted by Gasteiger charge is -2.09. The van der Waals surface area contributed by atoms with E-state index in [9.17, 15) is 9.18 Å². The maximum atomic E-state index is 13.2. The average molecular weight is 437 g/mol. The highest BCUT2D eigenvalue weighted by molar-refractivity contribution is 9.10. The van der Waals surface area contributed by atoms with Crippen molar-refractivity contribution < 1.29 is 9.18 Å². The van der Waals surface area contributed by atoms with Crippen molar-refractivity contribution in [1.82, 2.24) is 9.78 Å². The van der Waals surface area contributed by atoms with Crippen LogP contribution >= 0.6 is 27.5 Å². The molecule has 3 aromatic rings. The van der Waals surface area contributed by atoms with Crippen molar-refractivity contribution in [2.45, 2.75) is 20.4 Å². The molecule has 1 aromatic heterocycles. The minimum atomic E-state index is -0.380. The largest absolute Gasteiger partial charge is 0.319 e. The van der Waals surface area contributed by atoms with Crippen LogP contribution in [-0.4, -0.2) is 15.7 Å². The molecule has 0 atom stereocenters. The topological polar surface area (TPSA) is 46.9 Å². The number of hydrogen-bond donors (Lipinski definition) is 1. The van der Waals surface area contributed by atoms with Crippen molar-refractivity contribution in [2.24, 2.45) is 0 Å². The van der Waals surface area contributed by atoms with Crippen LogP contribution in [0.25, 0.3) is 0 Å². The van der Waals surface area contributed by atoms with E-state index >= 15 is 0 Å². The fourth-order valence-electron chi connectivity index (χ4n) is 2.63. The van der Waals surface area contributed by atoms with E-state index in [1.54, 1.807) is 22.9 Å². The number of carbonyl (C=O) groups excluding carboxylic acids is 1. The Labute approximate surface area is 164 Å². The van der Waals surface area contributed by atoms with Crippen molar-refractivity contribution in [3.63, 3.8) is 0 Å². The number of anilines is 1. The van der Waals surface area contributed by atoms with Crippen molar-refractivity contribution in [3.05, 3.63) is 80.3 Å². The number of aryl methyl sites for hydroxylation is 1. The summed E-state index contributed by atoms with van der Waals surface area (Å²) in [6.07, 6.45) is 0. The smallest absolute Gasteiger partial charge is 0.255 e. The second-order valence-electron chi connectivity index (χ2n) is 5.90.